The minimum atomic E-state index is -1.64. The Morgan fingerprint density at radius 1 is 0.891 bits per heavy atom. The lowest BCUT2D eigenvalue weighted by Crippen LogP contribution is -2.39. The van der Waals surface area contributed by atoms with Gasteiger partial charge in [0.2, 0.25) is 0 Å². The molecule has 3 heterocycles. The van der Waals surface area contributed by atoms with Crippen LogP contribution in [0, 0.1) is 11.3 Å². The van der Waals surface area contributed by atoms with Crippen molar-refractivity contribution in [1.82, 2.24) is 14.2 Å². The molecule has 0 radical (unpaired) electrons. The summed E-state index contributed by atoms with van der Waals surface area (Å²) in [6.07, 6.45) is 2.14. The number of benzene rings is 3. The van der Waals surface area contributed by atoms with E-state index in [-0.39, 0.29) is 37.3 Å². The number of hydrogen-bond acceptors (Lipinski definition) is 10. The van der Waals surface area contributed by atoms with Crippen LogP contribution in [0.5, 0.6) is 11.5 Å². The van der Waals surface area contributed by atoms with Gasteiger partial charge in [0.15, 0.2) is 0 Å². The lowest BCUT2D eigenvalue weighted by atomic mass is 9.80. The van der Waals surface area contributed by atoms with E-state index in [1.165, 1.54) is 0 Å². The van der Waals surface area contributed by atoms with Crippen molar-refractivity contribution in [3.63, 3.8) is 0 Å². The van der Waals surface area contributed by atoms with Gasteiger partial charge in [0, 0.05) is 30.9 Å². The predicted molar refractivity (Wildman–Crippen MR) is 213 cm³/mol. The molecule has 1 aliphatic heterocycles. The van der Waals surface area contributed by atoms with Gasteiger partial charge in [-0.3, -0.25) is 14.3 Å². The maximum atomic E-state index is 13.9. The van der Waals surface area contributed by atoms with Gasteiger partial charge in [-0.05, 0) is 86.8 Å². The van der Waals surface area contributed by atoms with Gasteiger partial charge in [-0.1, -0.05) is 54.6 Å². The van der Waals surface area contributed by atoms with Crippen molar-refractivity contribution in [1.29, 1.82) is 5.26 Å². The maximum absolute atomic E-state index is 13.9. The van der Waals surface area contributed by atoms with E-state index < -0.39 is 32.6 Å². The van der Waals surface area contributed by atoms with E-state index in [9.17, 15) is 10.1 Å². The van der Waals surface area contributed by atoms with E-state index in [1.807, 2.05) is 72.8 Å². The van der Waals surface area contributed by atoms with Crippen LogP contribution in [0.15, 0.2) is 114 Å². The Labute approximate surface area is 324 Å². The summed E-state index contributed by atoms with van der Waals surface area (Å²) in [5, 5.41) is 9.85. The second kappa shape index (κ2) is 18.3. The van der Waals surface area contributed by atoms with Gasteiger partial charge in [-0.15, -0.1) is 0 Å². The second-order valence-electron chi connectivity index (χ2n) is 13.8. The fraction of sp³-hybridized carbons (Fsp3) is 0.372. The van der Waals surface area contributed by atoms with Crippen molar-refractivity contribution in [3.05, 3.63) is 136 Å². The number of fused-ring (bicyclic) bond motifs is 1. The van der Waals surface area contributed by atoms with Crippen LogP contribution in [0.3, 0.4) is 0 Å². The highest BCUT2D eigenvalue weighted by Crippen LogP contribution is 2.50. The molecule has 288 valence electrons. The number of pyridine rings is 2. The van der Waals surface area contributed by atoms with Crippen molar-refractivity contribution < 1.29 is 28.0 Å². The number of aromatic nitrogens is 2. The molecule has 0 spiro atoms. The summed E-state index contributed by atoms with van der Waals surface area (Å²) < 4.78 is 42.3. The minimum absolute atomic E-state index is 0.0860. The molecular weight excluding hydrogens is 715 g/mol. The van der Waals surface area contributed by atoms with Crippen LogP contribution in [0.25, 0.3) is 10.9 Å². The zero-order valence-corrected chi connectivity index (χ0v) is 33.1. The van der Waals surface area contributed by atoms with Crippen molar-refractivity contribution in [2.24, 2.45) is 0 Å². The molecule has 55 heavy (non-hydrogen) atoms. The normalized spacial score (nSPS) is 17.9. The summed E-state index contributed by atoms with van der Waals surface area (Å²) in [5.41, 5.74) is 1.96. The van der Waals surface area contributed by atoms with Gasteiger partial charge in [-0.25, -0.2) is 4.67 Å². The second-order valence-corrected chi connectivity index (χ2v) is 15.2. The zero-order valence-electron chi connectivity index (χ0n) is 32.2. The largest absolute Gasteiger partial charge is 0.497 e. The molecule has 2 aromatic heterocycles. The van der Waals surface area contributed by atoms with Gasteiger partial charge in [0.25, 0.3) is 14.1 Å². The van der Waals surface area contributed by atoms with Crippen LogP contribution in [0.2, 0.25) is 0 Å². The Hall–Kier alpha value is -4.66. The van der Waals surface area contributed by atoms with Crippen LogP contribution in [0.4, 0.5) is 0 Å². The molecule has 5 aromatic rings. The Balaban J connectivity index is 1.44. The first-order chi connectivity index (χ1) is 26.7. The van der Waals surface area contributed by atoms with E-state index in [0.717, 1.165) is 28.2 Å². The molecule has 6 rings (SSSR count). The molecule has 0 amide bonds. The Morgan fingerprint density at radius 3 is 2.09 bits per heavy atom. The SMILES string of the molecule is COc1ccc(C(OC[C@H]2O[C@@H](n3ccc4ncccc4c3=O)C[C@@H]2OP(OCCC#N)N(C(C)C)C(C)C)(c2ccccc2)c2ccc(OC)cc2)cc1. The van der Waals surface area contributed by atoms with E-state index in [2.05, 4.69) is 55.6 Å². The van der Waals surface area contributed by atoms with Crippen molar-refractivity contribution >= 4 is 19.4 Å². The van der Waals surface area contributed by atoms with Gasteiger partial charge < -0.3 is 28.0 Å². The molecule has 0 aliphatic carbocycles. The van der Waals surface area contributed by atoms with Gasteiger partial charge in [0.1, 0.15) is 29.4 Å². The van der Waals surface area contributed by atoms with Crippen LogP contribution < -0.4 is 15.0 Å². The summed E-state index contributed by atoms with van der Waals surface area (Å²) in [7, 11) is 1.65. The first kappa shape index (κ1) is 40.0. The molecule has 11 nitrogen and oxygen atoms in total. The molecule has 1 fully saturated rings. The summed E-state index contributed by atoms with van der Waals surface area (Å²) in [4.78, 5) is 18.3. The van der Waals surface area contributed by atoms with Gasteiger partial charge in [-0.2, -0.15) is 5.26 Å². The lowest BCUT2D eigenvalue weighted by Gasteiger charge is -2.39. The highest BCUT2D eigenvalue weighted by atomic mass is 31.2. The molecule has 1 saturated heterocycles. The number of rotatable bonds is 17. The Bertz CT molecular complexity index is 2030. The van der Waals surface area contributed by atoms with Gasteiger partial charge in [0.05, 0.1) is 56.9 Å². The van der Waals surface area contributed by atoms with Crippen LogP contribution in [-0.2, 0) is 24.1 Å². The standard InChI is InChI=1S/C43H49N4O7P/c1-30(2)47(31(3)4)55(52-27-11-24-44)54-39-28-41(46-26-23-38-37(42(46)48)14-10-25-45-38)53-40(39)29-51-43(32-12-8-7-9-13-32,33-15-19-35(49-5)20-16-33)34-17-21-36(50-6)22-18-34/h7-10,12-23,25-26,30-31,39-41H,11,27-29H2,1-6H3/t39-,40+,41+,55?/m0/s1. The Morgan fingerprint density at radius 2 is 1.51 bits per heavy atom. The van der Waals surface area contributed by atoms with Crippen molar-refractivity contribution in [2.45, 2.75) is 76.7 Å². The first-order valence-corrected chi connectivity index (χ1v) is 19.7. The number of hydrogen-bond donors (Lipinski definition) is 0. The highest BCUT2D eigenvalue weighted by molar-refractivity contribution is 7.44. The maximum Gasteiger partial charge on any atom is 0.262 e. The zero-order chi connectivity index (χ0) is 39.0. The van der Waals surface area contributed by atoms with E-state index in [0.29, 0.717) is 17.3 Å². The fourth-order valence-corrected chi connectivity index (χ4v) is 8.90. The Kier molecular flexibility index (Phi) is 13.3. The average Bonchev–Trinajstić information content (AvgIpc) is 3.60. The molecule has 0 saturated carbocycles. The fourth-order valence-electron chi connectivity index (χ4n) is 7.14. The van der Waals surface area contributed by atoms with Crippen LogP contribution in [0.1, 0.15) is 63.5 Å². The number of nitrogens with zero attached hydrogens (tertiary/aromatic N) is 4. The van der Waals surface area contributed by atoms with Crippen LogP contribution in [-0.4, -0.2) is 65.9 Å². The third-order valence-corrected chi connectivity index (χ3v) is 11.9. The molecule has 4 atom stereocenters. The predicted octanol–water partition coefficient (Wildman–Crippen LogP) is 8.37. The lowest BCUT2D eigenvalue weighted by molar-refractivity contribution is -0.0922. The summed E-state index contributed by atoms with van der Waals surface area (Å²) in [6.45, 7) is 8.70. The summed E-state index contributed by atoms with van der Waals surface area (Å²) >= 11 is 0. The molecule has 12 heteroatoms. The van der Waals surface area contributed by atoms with Crippen molar-refractivity contribution in [2.75, 3.05) is 27.4 Å². The summed E-state index contributed by atoms with van der Waals surface area (Å²) in [6, 6.07) is 33.5. The van der Waals surface area contributed by atoms with Crippen LogP contribution >= 0.6 is 8.53 Å². The monoisotopic (exact) mass is 764 g/mol. The third-order valence-electron chi connectivity index (χ3n) is 9.71. The van der Waals surface area contributed by atoms with Crippen molar-refractivity contribution in [3.8, 4) is 17.6 Å². The smallest absolute Gasteiger partial charge is 0.262 e. The number of methoxy groups -OCH3 is 2. The molecule has 1 aliphatic rings. The summed E-state index contributed by atoms with van der Waals surface area (Å²) in [5.74, 6) is 1.44. The first-order valence-electron chi connectivity index (χ1n) is 18.5. The van der Waals surface area contributed by atoms with Gasteiger partial charge >= 0.3 is 0 Å². The minimum Gasteiger partial charge on any atom is -0.497 e. The topological polar surface area (TPSA) is 117 Å². The number of ether oxygens (including phenoxy) is 4. The quantitative estimate of drug-likeness (QED) is 0.0520. The van der Waals surface area contributed by atoms with E-state index >= 15 is 0 Å². The molecule has 0 N–H and O–H groups in total. The van der Waals surface area contributed by atoms with E-state index in [1.54, 1.807) is 43.3 Å². The highest BCUT2D eigenvalue weighted by Gasteiger charge is 2.45. The average molecular weight is 765 g/mol. The molecule has 0 bridgehead atoms. The molecule has 1 unspecified atom stereocenters. The third kappa shape index (κ3) is 8.76. The van der Waals surface area contributed by atoms with E-state index in [4.69, 9.17) is 28.0 Å². The molecule has 3 aromatic carbocycles. The molecular formula is C43H49N4O7P. The number of nitriles is 1.